The van der Waals surface area contributed by atoms with E-state index in [1.807, 2.05) is 0 Å². The maximum Gasteiger partial charge on any atom is 0.306 e. The second-order valence-electron chi connectivity index (χ2n) is 14.2. The van der Waals surface area contributed by atoms with Gasteiger partial charge in [0.1, 0.15) is 12.7 Å². The van der Waals surface area contributed by atoms with Crippen LogP contribution in [0.4, 0.5) is 0 Å². The predicted molar refractivity (Wildman–Crippen MR) is 207 cm³/mol. The van der Waals surface area contributed by atoms with Crippen molar-refractivity contribution >= 4 is 11.9 Å². The molecule has 0 aromatic carbocycles. The number of methoxy groups -OCH3 is 1. The van der Waals surface area contributed by atoms with Crippen LogP contribution in [-0.4, -0.2) is 62.8 Å². The number of unbranched alkanes of at least 4 members (excludes halogenated alkanes) is 19. The number of hydrogen-bond acceptors (Lipinski definition) is 5. The van der Waals surface area contributed by atoms with E-state index in [9.17, 15) is 9.59 Å². The highest BCUT2D eigenvalue weighted by molar-refractivity contribution is 5.77. The minimum absolute atomic E-state index is 0.0146. The fourth-order valence-electron chi connectivity index (χ4n) is 6.34. The Kier molecular flexibility index (Phi) is 37.3. The van der Waals surface area contributed by atoms with Gasteiger partial charge in [0.2, 0.25) is 5.91 Å². The van der Waals surface area contributed by atoms with Crippen LogP contribution in [0.3, 0.4) is 0 Å². The number of nitrogens with one attached hydrogen (secondary N) is 1. The van der Waals surface area contributed by atoms with Crippen molar-refractivity contribution in [3.8, 4) is 0 Å². The normalized spacial score (nSPS) is 12.3. The first-order valence-electron chi connectivity index (χ1n) is 20.9. The minimum Gasteiger partial charge on any atom is -0.462 e. The molecule has 1 N–H and O–H groups in total. The number of carbonyl (C=O) groups excluding carboxylic acids is 2. The summed E-state index contributed by atoms with van der Waals surface area (Å²) in [5, 5.41) is 2.96. The first-order valence-corrected chi connectivity index (χ1v) is 20.9. The smallest absolute Gasteiger partial charge is 0.306 e. The van der Waals surface area contributed by atoms with Crippen LogP contribution in [0.15, 0.2) is 12.2 Å². The molecule has 0 rings (SSSR count). The molecule has 0 bridgehead atoms. The Bertz CT molecular complexity index is 714. The summed E-state index contributed by atoms with van der Waals surface area (Å²) >= 11 is 0. The van der Waals surface area contributed by atoms with E-state index in [1.54, 1.807) is 7.11 Å². The van der Waals surface area contributed by atoms with Crippen molar-refractivity contribution in [2.24, 2.45) is 0 Å². The molecule has 0 radical (unpaired) electrons. The van der Waals surface area contributed by atoms with E-state index in [0.29, 0.717) is 13.0 Å². The molecule has 0 saturated carbocycles. The molecule has 0 aromatic rings. The van der Waals surface area contributed by atoms with Crippen molar-refractivity contribution < 1.29 is 19.1 Å². The van der Waals surface area contributed by atoms with Crippen molar-refractivity contribution in [1.29, 1.82) is 0 Å². The highest BCUT2D eigenvalue weighted by Crippen LogP contribution is 2.17. The monoisotopic (exact) mass is 679 g/mol. The van der Waals surface area contributed by atoms with E-state index in [4.69, 9.17) is 9.47 Å². The molecule has 48 heavy (non-hydrogen) atoms. The van der Waals surface area contributed by atoms with Crippen LogP contribution in [0, 0.1) is 0 Å². The first-order chi connectivity index (χ1) is 23.6. The molecule has 6 heteroatoms. The summed E-state index contributed by atoms with van der Waals surface area (Å²) in [7, 11) is 1.56. The van der Waals surface area contributed by atoms with Gasteiger partial charge in [0, 0.05) is 20.1 Å². The number of allylic oxidation sites excluding steroid dienone is 2. The molecule has 0 aliphatic rings. The second-order valence-corrected chi connectivity index (χ2v) is 14.2. The number of nitrogens with zero attached hydrogens (tertiary/aromatic N) is 1. The molecule has 284 valence electrons. The van der Waals surface area contributed by atoms with Gasteiger partial charge in [-0.1, -0.05) is 129 Å². The Morgan fingerprint density at radius 2 is 1.04 bits per heavy atom. The van der Waals surface area contributed by atoms with Crippen molar-refractivity contribution in [3.05, 3.63) is 12.2 Å². The van der Waals surface area contributed by atoms with E-state index in [0.717, 1.165) is 51.7 Å². The van der Waals surface area contributed by atoms with Gasteiger partial charge in [0.05, 0.1) is 0 Å². The van der Waals surface area contributed by atoms with Crippen molar-refractivity contribution in [2.75, 3.05) is 39.9 Å². The lowest BCUT2D eigenvalue weighted by Gasteiger charge is -2.22. The minimum atomic E-state index is -0.0330. The van der Waals surface area contributed by atoms with E-state index < -0.39 is 0 Å². The summed E-state index contributed by atoms with van der Waals surface area (Å²) in [6.45, 7) is 10.9. The van der Waals surface area contributed by atoms with Crippen LogP contribution >= 0.6 is 0 Å². The predicted octanol–water partition coefficient (Wildman–Crippen LogP) is 11.5. The lowest BCUT2D eigenvalue weighted by Crippen LogP contribution is -2.32. The molecule has 0 spiro atoms. The van der Waals surface area contributed by atoms with Gasteiger partial charge in [-0.05, 0) is 96.7 Å². The van der Waals surface area contributed by atoms with Gasteiger partial charge in [-0.25, -0.2) is 0 Å². The molecule has 1 amide bonds. The Balaban J connectivity index is 4.22. The van der Waals surface area contributed by atoms with Crippen LogP contribution in [0.25, 0.3) is 0 Å². The maximum atomic E-state index is 12.6. The molecule has 0 aliphatic heterocycles. The lowest BCUT2D eigenvalue weighted by molar-refractivity contribution is -0.150. The van der Waals surface area contributed by atoms with Gasteiger partial charge in [-0.3, -0.25) is 9.59 Å². The molecule has 1 atom stereocenters. The number of ether oxygens (including phenoxy) is 2. The van der Waals surface area contributed by atoms with Gasteiger partial charge in [0.15, 0.2) is 0 Å². The molecule has 0 aromatic heterocycles. The zero-order valence-corrected chi connectivity index (χ0v) is 32.6. The topological polar surface area (TPSA) is 67.9 Å². The fraction of sp³-hybridized carbons (Fsp3) is 0.905. The van der Waals surface area contributed by atoms with Crippen LogP contribution in [-0.2, 0) is 19.1 Å². The van der Waals surface area contributed by atoms with E-state index >= 15 is 0 Å². The van der Waals surface area contributed by atoms with Crippen LogP contribution in [0.5, 0.6) is 0 Å². The number of carbonyl (C=O) groups is 2. The van der Waals surface area contributed by atoms with Gasteiger partial charge in [-0.15, -0.1) is 0 Å². The van der Waals surface area contributed by atoms with Gasteiger partial charge >= 0.3 is 5.97 Å². The Labute approximate surface area is 299 Å². The largest absolute Gasteiger partial charge is 0.462 e. The van der Waals surface area contributed by atoms with Gasteiger partial charge in [-0.2, -0.15) is 0 Å². The molecule has 0 heterocycles. The third-order valence-corrected chi connectivity index (χ3v) is 9.40. The third-order valence-electron chi connectivity index (χ3n) is 9.40. The van der Waals surface area contributed by atoms with E-state index in [1.165, 1.54) is 141 Å². The molecule has 1 unspecified atom stereocenters. The molecular formula is C42H82N2O4. The number of esters is 1. The van der Waals surface area contributed by atoms with Crippen LogP contribution < -0.4 is 5.32 Å². The number of amides is 1. The molecular weight excluding hydrogens is 596 g/mol. The summed E-state index contributed by atoms with van der Waals surface area (Å²) in [4.78, 5) is 26.9. The summed E-state index contributed by atoms with van der Waals surface area (Å²) in [5.41, 5.74) is 0. The fourth-order valence-corrected chi connectivity index (χ4v) is 6.34. The van der Waals surface area contributed by atoms with Crippen molar-refractivity contribution in [1.82, 2.24) is 10.2 Å². The first kappa shape index (κ1) is 46.6. The number of hydrogen-bond donors (Lipinski definition) is 1. The zero-order chi connectivity index (χ0) is 35.2. The Morgan fingerprint density at radius 3 is 1.62 bits per heavy atom. The SMILES string of the molecule is CCCCCC/C=C\CCCCCCCCN(CCCCCCCC(=O)OC(CCCCC)CCCCCC)CCCNC(=O)COC. The highest BCUT2D eigenvalue weighted by atomic mass is 16.5. The lowest BCUT2D eigenvalue weighted by atomic mass is 10.0. The quantitative estimate of drug-likeness (QED) is 0.0400. The maximum absolute atomic E-state index is 12.6. The standard InChI is InChI=1S/C42H82N2O4/c1-5-8-11-13-14-15-16-17-18-19-20-21-24-29-36-44(38-31-35-43-41(45)39-47-4)37-30-25-22-23-28-34-42(46)48-40(32-26-10-7-3)33-27-12-9-6-2/h15-16,40H,5-14,17-39H2,1-4H3,(H,43,45)/b16-15-. The van der Waals surface area contributed by atoms with Crippen molar-refractivity contribution in [2.45, 2.75) is 207 Å². The second kappa shape index (κ2) is 38.4. The molecule has 0 saturated heterocycles. The summed E-state index contributed by atoms with van der Waals surface area (Å²) in [6, 6.07) is 0. The molecule has 6 nitrogen and oxygen atoms in total. The number of rotatable bonds is 38. The third kappa shape index (κ3) is 34.5. The van der Waals surface area contributed by atoms with E-state index in [2.05, 4.69) is 43.1 Å². The summed E-state index contributed by atoms with van der Waals surface area (Å²) in [6.07, 6.45) is 38.5. The van der Waals surface area contributed by atoms with Crippen molar-refractivity contribution in [3.63, 3.8) is 0 Å². The molecule has 0 aliphatic carbocycles. The average Bonchev–Trinajstić information content (AvgIpc) is 3.08. The van der Waals surface area contributed by atoms with Crippen LogP contribution in [0.1, 0.15) is 201 Å². The average molecular weight is 679 g/mol. The van der Waals surface area contributed by atoms with Gasteiger partial charge in [0.25, 0.3) is 0 Å². The molecule has 0 fully saturated rings. The summed E-state index contributed by atoms with van der Waals surface area (Å²) in [5.74, 6) is -0.0184. The van der Waals surface area contributed by atoms with Crippen LogP contribution in [0.2, 0.25) is 0 Å². The Morgan fingerprint density at radius 1 is 0.583 bits per heavy atom. The Hall–Kier alpha value is -1.40. The van der Waals surface area contributed by atoms with Gasteiger partial charge < -0.3 is 19.7 Å². The zero-order valence-electron chi connectivity index (χ0n) is 32.6. The van der Waals surface area contributed by atoms with E-state index in [-0.39, 0.29) is 24.6 Å². The highest BCUT2D eigenvalue weighted by Gasteiger charge is 2.14. The summed E-state index contributed by atoms with van der Waals surface area (Å²) < 4.78 is 10.9.